The molecule has 2 amide bonds. The molecule has 0 bridgehead atoms. The summed E-state index contributed by atoms with van der Waals surface area (Å²) in [4.78, 5) is 28.8. The van der Waals surface area contributed by atoms with Crippen LogP contribution in [0.25, 0.3) is 0 Å². The lowest BCUT2D eigenvalue weighted by molar-refractivity contribution is -0.124. The van der Waals surface area contributed by atoms with Gasteiger partial charge in [-0.1, -0.05) is 48.5 Å². The number of nitrogens with one attached hydrogen (secondary N) is 1. The van der Waals surface area contributed by atoms with E-state index in [1.54, 1.807) is 4.90 Å². The molecule has 1 saturated heterocycles. The van der Waals surface area contributed by atoms with Gasteiger partial charge in [0.25, 0.3) is 0 Å². The van der Waals surface area contributed by atoms with Crippen molar-refractivity contribution in [3.05, 3.63) is 66.2 Å². The molecule has 3 rings (SSSR count). The summed E-state index contributed by atoms with van der Waals surface area (Å²) < 4.78 is 0. The molecule has 0 saturated carbocycles. The van der Waals surface area contributed by atoms with Crippen LogP contribution in [0.4, 0.5) is 5.69 Å². The lowest BCUT2D eigenvalue weighted by Crippen LogP contribution is -2.46. The van der Waals surface area contributed by atoms with Crippen LogP contribution in [0.1, 0.15) is 24.4 Å². The summed E-state index contributed by atoms with van der Waals surface area (Å²) in [5.41, 5.74) is 1.93. The number of hydrogen-bond acceptors (Lipinski definition) is 3. The highest BCUT2D eigenvalue weighted by molar-refractivity contribution is 6.03. The van der Waals surface area contributed by atoms with Crippen LogP contribution in [0, 0.1) is 0 Å². The van der Waals surface area contributed by atoms with Crippen LogP contribution >= 0.6 is 0 Å². The number of hydrogen-bond donors (Lipinski definition) is 1. The average Bonchev–Trinajstić information content (AvgIpc) is 3.04. The van der Waals surface area contributed by atoms with E-state index in [0.717, 1.165) is 11.3 Å². The molecular formula is C21H25N3O2. The monoisotopic (exact) mass is 351 g/mol. The van der Waals surface area contributed by atoms with Crippen LogP contribution in [0.2, 0.25) is 0 Å². The van der Waals surface area contributed by atoms with Crippen molar-refractivity contribution in [1.29, 1.82) is 0 Å². The van der Waals surface area contributed by atoms with E-state index >= 15 is 0 Å². The van der Waals surface area contributed by atoms with E-state index in [4.69, 9.17) is 0 Å². The predicted octanol–water partition coefficient (Wildman–Crippen LogP) is 2.60. The molecule has 2 aromatic rings. The zero-order valence-corrected chi connectivity index (χ0v) is 15.3. The van der Waals surface area contributed by atoms with Gasteiger partial charge in [-0.2, -0.15) is 0 Å². The second-order valence-electron chi connectivity index (χ2n) is 6.79. The molecule has 5 nitrogen and oxygen atoms in total. The number of amides is 2. The first-order valence-corrected chi connectivity index (χ1v) is 8.94. The van der Waals surface area contributed by atoms with Crippen molar-refractivity contribution in [1.82, 2.24) is 10.2 Å². The molecule has 1 aliphatic rings. The summed E-state index contributed by atoms with van der Waals surface area (Å²) in [6.07, 6.45) is 0.959. The van der Waals surface area contributed by atoms with Gasteiger partial charge in [-0.05, 0) is 38.2 Å². The fourth-order valence-electron chi connectivity index (χ4n) is 3.43. The molecule has 1 heterocycles. The largest absolute Gasteiger partial charge is 0.352 e. The third-order valence-corrected chi connectivity index (χ3v) is 4.83. The Labute approximate surface area is 154 Å². The van der Waals surface area contributed by atoms with Crippen LogP contribution in [-0.4, -0.2) is 43.4 Å². The minimum atomic E-state index is -0.441. The van der Waals surface area contributed by atoms with Crippen LogP contribution in [0.15, 0.2) is 60.7 Å². The molecule has 5 heteroatoms. The maximum atomic E-state index is 12.8. The van der Waals surface area contributed by atoms with Crippen LogP contribution in [0.5, 0.6) is 0 Å². The standard InChI is InChI=1S/C21H25N3O2/c1-23(2)19(16-9-5-3-6-10-16)15-22-21(26)18-13-14-20(25)24(18)17-11-7-4-8-12-17/h3-12,18-19H,13-15H2,1-2H3,(H,22,26). The summed E-state index contributed by atoms with van der Waals surface area (Å²) in [7, 11) is 4.00. The molecule has 0 spiro atoms. The van der Waals surface area contributed by atoms with E-state index in [9.17, 15) is 9.59 Å². The Morgan fingerprint density at radius 3 is 2.35 bits per heavy atom. The van der Waals surface area contributed by atoms with Crippen molar-refractivity contribution >= 4 is 17.5 Å². The van der Waals surface area contributed by atoms with Crippen LogP contribution in [0.3, 0.4) is 0 Å². The van der Waals surface area contributed by atoms with Gasteiger partial charge in [0.1, 0.15) is 6.04 Å². The van der Waals surface area contributed by atoms with Gasteiger partial charge in [0.15, 0.2) is 0 Å². The molecule has 2 aromatic carbocycles. The molecule has 2 unspecified atom stereocenters. The normalized spacial score (nSPS) is 18.2. The number of rotatable bonds is 6. The first kappa shape index (κ1) is 18.1. The zero-order chi connectivity index (χ0) is 18.5. The minimum absolute atomic E-state index is 0.00330. The number of nitrogens with zero attached hydrogens (tertiary/aromatic N) is 2. The summed E-state index contributed by atoms with van der Waals surface area (Å²) in [6.45, 7) is 0.503. The van der Waals surface area contributed by atoms with Gasteiger partial charge in [0.05, 0.1) is 6.04 Å². The lowest BCUT2D eigenvalue weighted by Gasteiger charge is -2.28. The van der Waals surface area contributed by atoms with E-state index in [2.05, 4.69) is 22.3 Å². The van der Waals surface area contributed by atoms with E-state index in [-0.39, 0.29) is 17.9 Å². The predicted molar refractivity (Wildman–Crippen MR) is 103 cm³/mol. The van der Waals surface area contributed by atoms with Gasteiger partial charge in [-0.15, -0.1) is 0 Å². The van der Waals surface area contributed by atoms with Crippen molar-refractivity contribution in [2.45, 2.75) is 24.9 Å². The Morgan fingerprint density at radius 1 is 1.12 bits per heavy atom. The Morgan fingerprint density at radius 2 is 1.73 bits per heavy atom. The van der Waals surface area contributed by atoms with E-state index in [1.165, 1.54) is 0 Å². The summed E-state index contributed by atoms with van der Waals surface area (Å²) in [5, 5.41) is 3.05. The molecule has 26 heavy (non-hydrogen) atoms. The highest BCUT2D eigenvalue weighted by Crippen LogP contribution is 2.26. The Bertz CT molecular complexity index is 746. The van der Waals surface area contributed by atoms with Gasteiger partial charge in [-0.3, -0.25) is 14.5 Å². The molecule has 2 atom stereocenters. The molecule has 1 aliphatic heterocycles. The molecule has 1 fully saturated rings. The molecule has 136 valence electrons. The highest BCUT2D eigenvalue weighted by atomic mass is 16.2. The van der Waals surface area contributed by atoms with Crippen molar-refractivity contribution in [3.63, 3.8) is 0 Å². The Kier molecular flexibility index (Phi) is 5.68. The van der Waals surface area contributed by atoms with E-state index in [0.29, 0.717) is 19.4 Å². The average molecular weight is 351 g/mol. The maximum Gasteiger partial charge on any atom is 0.243 e. The highest BCUT2D eigenvalue weighted by Gasteiger charge is 2.37. The third-order valence-electron chi connectivity index (χ3n) is 4.83. The van der Waals surface area contributed by atoms with Gasteiger partial charge >= 0.3 is 0 Å². The van der Waals surface area contributed by atoms with Crippen molar-refractivity contribution in [2.75, 3.05) is 25.5 Å². The number of anilines is 1. The van der Waals surface area contributed by atoms with Gasteiger partial charge in [0, 0.05) is 18.7 Å². The summed E-state index contributed by atoms with van der Waals surface area (Å²) in [5.74, 6) is -0.0916. The molecule has 0 aliphatic carbocycles. The number of carbonyl (C=O) groups excluding carboxylic acids is 2. The number of benzene rings is 2. The Hall–Kier alpha value is -2.66. The second kappa shape index (κ2) is 8.15. The van der Waals surface area contributed by atoms with Crippen LogP contribution in [-0.2, 0) is 9.59 Å². The van der Waals surface area contributed by atoms with E-state index in [1.807, 2.05) is 62.6 Å². The van der Waals surface area contributed by atoms with Gasteiger partial charge in [-0.25, -0.2) is 0 Å². The molecule has 0 aromatic heterocycles. The van der Waals surface area contributed by atoms with E-state index < -0.39 is 6.04 Å². The third kappa shape index (κ3) is 3.94. The first-order chi connectivity index (χ1) is 12.6. The summed E-state index contributed by atoms with van der Waals surface area (Å²) in [6, 6.07) is 19.2. The quantitative estimate of drug-likeness (QED) is 0.870. The van der Waals surface area contributed by atoms with Gasteiger partial charge < -0.3 is 10.2 Å². The maximum absolute atomic E-state index is 12.8. The SMILES string of the molecule is CN(C)C(CNC(=O)C1CCC(=O)N1c1ccccc1)c1ccccc1. The smallest absolute Gasteiger partial charge is 0.243 e. The van der Waals surface area contributed by atoms with Gasteiger partial charge in [0.2, 0.25) is 11.8 Å². The number of carbonyl (C=O) groups is 2. The molecule has 1 N–H and O–H groups in total. The first-order valence-electron chi connectivity index (χ1n) is 8.94. The van der Waals surface area contributed by atoms with Crippen molar-refractivity contribution in [2.24, 2.45) is 0 Å². The Balaban J connectivity index is 1.70. The molecular weight excluding hydrogens is 326 g/mol. The zero-order valence-electron chi connectivity index (χ0n) is 15.3. The fraction of sp³-hybridized carbons (Fsp3) is 0.333. The molecule has 0 radical (unpaired) electrons. The van der Waals surface area contributed by atoms with Crippen molar-refractivity contribution in [3.8, 4) is 0 Å². The number of para-hydroxylation sites is 1. The summed E-state index contributed by atoms with van der Waals surface area (Å²) >= 11 is 0. The second-order valence-corrected chi connectivity index (χ2v) is 6.79. The topological polar surface area (TPSA) is 52.7 Å². The van der Waals surface area contributed by atoms with Crippen LogP contribution < -0.4 is 10.2 Å². The van der Waals surface area contributed by atoms with Crippen molar-refractivity contribution < 1.29 is 9.59 Å². The number of likely N-dealkylation sites (N-methyl/N-ethyl adjacent to an activating group) is 1. The lowest BCUT2D eigenvalue weighted by atomic mass is 10.1. The minimum Gasteiger partial charge on any atom is -0.352 e. The fourth-order valence-corrected chi connectivity index (χ4v) is 3.43.